The first-order chi connectivity index (χ1) is 5.82. The molecule has 0 atom stereocenters. The van der Waals surface area contributed by atoms with E-state index in [1.807, 2.05) is 19.1 Å². The zero-order valence-electron chi connectivity index (χ0n) is 9.63. The molecule has 0 bridgehead atoms. The maximum absolute atomic E-state index is 5.98. The van der Waals surface area contributed by atoms with Crippen molar-refractivity contribution in [3.63, 3.8) is 0 Å². The van der Waals surface area contributed by atoms with Crippen LogP contribution in [0.25, 0.3) is 0 Å². The van der Waals surface area contributed by atoms with Crippen molar-refractivity contribution in [3.8, 4) is 0 Å². The Kier molecular flexibility index (Phi) is 6.14. The molecule has 0 saturated carbocycles. The van der Waals surface area contributed by atoms with Gasteiger partial charge in [-0.15, -0.1) is 24.8 Å². The molecule has 1 aromatic carbocycles. The molecule has 0 amide bonds. The monoisotopic (exact) mass is 250 g/mol. The molecule has 4 N–H and O–H groups in total. The number of halogens is 2. The highest BCUT2D eigenvalue weighted by Crippen LogP contribution is 2.31. The summed E-state index contributed by atoms with van der Waals surface area (Å²) in [7, 11) is 0. The lowest BCUT2D eigenvalue weighted by Gasteiger charge is -2.22. The second-order valence-corrected chi connectivity index (χ2v) is 4.55. The Morgan fingerprint density at radius 2 is 1.47 bits per heavy atom. The second kappa shape index (κ2) is 5.47. The fraction of sp³-hybridized carbons (Fsp3) is 0.455. The van der Waals surface area contributed by atoms with E-state index in [0.717, 1.165) is 22.5 Å². The summed E-state index contributed by atoms with van der Waals surface area (Å²) in [5, 5.41) is 0. The molecule has 0 heterocycles. The topological polar surface area (TPSA) is 52.0 Å². The lowest BCUT2D eigenvalue weighted by molar-refractivity contribution is 0.592. The maximum Gasteiger partial charge on any atom is 0.0383 e. The number of aryl methyl sites for hydroxylation is 1. The van der Waals surface area contributed by atoms with E-state index in [4.69, 9.17) is 11.5 Å². The molecule has 1 rings (SSSR count). The SMILES string of the molecule is Cc1cc(N)cc(C(C)(C)C)c1N.Cl.Cl. The van der Waals surface area contributed by atoms with Crippen LogP contribution >= 0.6 is 24.8 Å². The highest BCUT2D eigenvalue weighted by molar-refractivity contribution is 5.85. The van der Waals surface area contributed by atoms with Gasteiger partial charge in [-0.25, -0.2) is 0 Å². The Morgan fingerprint density at radius 1 is 1.00 bits per heavy atom. The van der Waals surface area contributed by atoms with Crippen LogP contribution in [0.5, 0.6) is 0 Å². The number of hydrogen-bond acceptors (Lipinski definition) is 2. The molecule has 0 radical (unpaired) electrons. The molecule has 0 aromatic heterocycles. The van der Waals surface area contributed by atoms with Crippen molar-refractivity contribution in [2.24, 2.45) is 0 Å². The van der Waals surface area contributed by atoms with Gasteiger partial charge in [-0.1, -0.05) is 20.8 Å². The third-order valence-corrected chi connectivity index (χ3v) is 2.22. The van der Waals surface area contributed by atoms with Gasteiger partial charge in [-0.05, 0) is 35.6 Å². The van der Waals surface area contributed by atoms with Crippen LogP contribution in [-0.4, -0.2) is 0 Å². The van der Waals surface area contributed by atoms with Gasteiger partial charge in [0.05, 0.1) is 0 Å². The van der Waals surface area contributed by atoms with Crippen LogP contribution in [0, 0.1) is 6.92 Å². The summed E-state index contributed by atoms with van der Waals surface area (Å²) in [6.07, 6.45) is 0. The predicted molar refractivity (Wildman–Crippen MR) is 73.2 cm³/mol. The lowest BCUT2D eigenvalue weighted by atomic mass is 9.84. The minimum Gasteiger partial charge on any atom is -0.399 e. The van der Waals surface area contributed by atoms with Crippen molar-refractivity contribution in [2.45, 2.75) is 33.1 Å². The number of benzene rings is 1. The van der Waals surface area contributed by atoms with Crippen molar-refractivity contribution in [3.05, 3.63) is 23.3 Å². The van der Waals surface area contributed by atoms with Crippen molar-refractivity contribution in [2.75, 3.05) is 11.5 Å². The van der Waals surface area contributed by atoms with Gasteiger partial charge in [0.25, 0.3) is 0 Å². The molecule has 0 fully saturated rings. The van der Waals surface area contributed by atoms with Gasteiger partial charge in [-0.3, -0.25) is 0 Å². The molecule has 1 aromatic rings. The van der Waals surface area contributed by atoms with Crippen LogP contribution in [0.15, 0.2) is 12.1 Å². The highest BCUT2D eigenvalue weighted by Gasteiger charge is 2.18. The maximum atomic E-state index is 5.98. The summed E-state index contributed by atoms with van der Waals surface area (Å²) in [4.78, 5) is 0. The van der Waals surface area contributed by atoms with Crippen LogP contribution in [0.3, 0.4) is 0 Å². The zero-order valence-corrected chi connectivity index (χ0v) is 11.3. The molecular weight excluding hydrogens is 231 g/mol. The summed E-state index contributed by atoms with van der Waals surface area (Å²) in [5.41, 5.74) is 15.7. The molecule has 88 valence electrons. The van der Waals surface area contributed by atoms with Crippen molar-refractivity contribution in [1.29, 1.82) is 0 Å². The Balaban J connectivity index is 0. The van der Waals surface area contributed by atoms with Crippen LogP contribution in [0.1, 0.15) is 31.9 Å². The average Bonchev–Trinajstić information content (AvgIpc) is 1.94. The van der Waals surface area contributed by atoms with Gasteiger partial charge in [0.1, 0.15) is 0 Å². The number of anilines is 2. The Labute approximate surface area is 104 Å². The summed E-state index contributed by atoms with van der Waals surface area (Å²) in [5.74, 6) is 0. The fourth-order valence-corrected chi connectivity index (χ4v) is 1.45. The summed E-state index contributed by atoms with van der Waals surface area (Å²) >= 11 is 0. The van der Waals surface area contributed by atoms with Crippen molar-refractivity contribution in [1.82, 2.24) is 0 Å². The minimum absolute atomic E-state index is 0. The average molecular weight is 251 g/mol. The molecule has 0 aliphatic carbocycles. The van der Waals surface area contributed by atoms with Gasteiger partial charge in [0.15, 0.2) is 0 Å². The van der Waals surface area contributed by atoms with Gasteiger partial charge in [-0.2, -0.15) is 0 Å². The fourth-order valence-electron chi connectivity index (χ4n) is 1.45. The number of nitrogens with two attached hydrogens (primary N) is 2. The van der Waals surface area contributed by atoms with E-state index < -0.39 is 0 Å². The van der Waals surface area contributed by atoms with E-state index in [0.29, 0.717) is 0 Å². The third-order valence-electron chi connectivity index (χ3n) is 2.22. The third kappa shape index (κ3) is 3.80. The standard InChI is InChI=1S/C11H18N2.2ClH/c1-7-5-8(12)6-9(10(7)13)11(2,3)4;;/h5-6H,12-13H2,1-4H3;2*1H. The van der Waals surface area contributed by atoms with Crippen molar-refractivity contribution >= 4 is 36.2 Å². The van der Waals surface area contributed by atoms with Gasteiger partial charge < -0.3 is 11.5 Å². The van der Waals surface area contributed by atoms with E-state index in [2.05, 4.69) is 20.8 Å². The molecule has 0 aliphatic rings. The molecule has 0 aliphatic heterocycles. The van der Waals surface area contributed by atoms with Crippen molar-refractivity contribution < 1.29 is 0 Å². The number of rotatable bonds is 0. The van der Waals surface area contributed by atoms with Crippen LogP contribution < -0.4 is 11.5 Å². The largest absolute Gasteiger partial charge is 0.399 e. The smallest absolute Gasteiger partial charge is 0.0383 e. The zero-order chi connectivity index (χ0) is 10.2. The summed E-state index contributed by atoms with van der Waals surface area (Å²) in [6.45, 7) is 8.40. The lowest BCUT2D eigenvalue weighted by Crippen LogP contribution is -2.15. The molecule has 2 nitrogen and oxygen atoms in total. The van der Waals surface area contributed by atoms with E-state index in [1.54, 1.807) is 0 Å². The first-order valence-electron chi connectivity index (χ1n) is 4.48. The second-order valence-electron chi connectivity index (χ2n) is 4.55. The normalized spacial score (nSPS) is 10.1. The molecule has 0 saturated heterocycles. The van der Waals surface area contributed by atoms with E-state index in [1.165, 1.54) is 0 Å². The van der Waals surface area contributed by atoms with Crippen LogP contribution in [-0.2, 0) is 5.41 Å². The first-order valence-corrected chi connectivity index (χ1v) is 4.48. The van der Waals surface area contributed by atoms with Crippen LogP contribution in [0.4, 0.5) is 11.4 Å². The van der Waals surface area contributed by atoms with Crippen LogP contribution in [0.2, 0.25) is 0 Å². The van der Waals surface area contributed by atoms with E-state index in [-0.39, 0.29) is 30.2 Å². The molecule has 15 heavy (non-hydrogen) atoms. The summed E-state index contributed by atoms with van der Waals surface area (Å²) in [6, 6.07) is 3.87. The number of hydrogen-bond donors (Lipinski definition) is 2. The molecule has 0 unspecified atom stereocenters. The first kappa shape index (κ1) is 16.8. The molecule has 4 heteroatoms. The Hall–Kier alpha value is -0.600. The highest BCUT2D eigenvalue weighted by atomic mass is 35.5. The molecule has 0 spiro atoms. The van der Waals surface area contributed by atoms with Gasteiger partial charge in [0.2, 0.25) is 0 Å². The number of nitrogen functional groups attached to an aromatic ring is 2. The van der Waals surface area contributed by atoms with E-state index >= 15 is 0 Å². The van der Waals surface area contributed by atoms with Gasteiger partial charge in [0, 0.05) is 11.4 Å². The Bertz CT molecular complexity index is 330. The summed E-state index contributed by atoms with van der Waals surface area (Å²) < 4.78 is 0. The quantitative estimate of drug-likeness (QED) is 0.695. The Morgan fingerprint density at radius 3 is 1.87 bits per heavy atom. The van der Waals surface area contributed by atoms with E-state index in [9.17, 15) is 0 Å². The predicted octanol–water partition coefficient (Wildman–Crippen LogP) is 3.30. The molecular formula is C11H20Cl2N2. The minimum atomic E-state index is 0. The van der Waals surface area contributed by atoms with Gasteiger partial charge >= 0.3 is 0 Å².